The van der Waals surface area contributed by atoms with Crippen LogP contribution in [-0.2, 0) is 0 Å². The van der Waals surface area contributed by atoms with E-state index >= 15 is 0 Å². The van der Waals surface area contributed by atoms with E-state index in [1.165, 1.54) is 0 Å². The Labute approximate surface area is 129 Å². The van der Waals surface area contributed by atoms with E-state index in [0.717, 1.165) is 20.9 Å². The number of hydrogen-bond donors (Lipinski definition) is 1. The van der Waals surface area contributed by atoms with E-state index in [4.69, 9.17) is 11.6 Å². The Kier molecular flexibility index (Phi) is 3.40. The van der Waals surface area contributed by atoms with Gasteiger partial charge in [0.25, 0.3) is 0 Å². The van der Waals surface area contributed by atoms with Gasteiger partial charge in [0, 0.05) is 37.7 Å². The average molecular weight is 349 g/mol. The quantitative estimate of drug-likeness (QED) is 0.640. The van der Waals surface area contributed by atoms with Crippen molar-refractivity contribution >= 4 is 44.2 Å². The molecule has 1 N–H and O–H groups in total. The van der Waals surface area contributed by atoms with Crippen LogP contribution in [0.1, 0.15) is 21.5 Å². The molecule has 2 nitrogen and oxygen atoms in total. The van der Waals surface area contributed by atoms with Gasteiger partial charge in [-0.15, -0.1) is 0 Å². The minimum absolute atomic E-state index is 0.00545. The smallest absolute Gasteiger partial charge is 0.195 e. The summed E-state index contributed by atoms with van der Waals surface area (Å²) in [6.45, 7) is 1.89. The van der Waals surface area contributed by atoms with E-state index in [1.807, 2.05) is 31.2 Å². The van der Waals surface area contributed by atoms with Crippen molar-refractivity contribution in [3.05, 3.63) is 68.8 Å². The molecule has 3 rings (SSSR count). The largest absolute Gasteiger partial charge is 0.360 e. The van der Waals surface area contributed by atoms with E-state index < -0.39 is 0 Å². The Hall–Kier alpha value is -1.58. The highest BCUT2D eigenvalue weighted by Crippen LogP contribution is 2.26. The number of aromatic nitrogens is 1. The molecule has 0 aliphatic rings. The van der Waals surface area contributed by atoms with Gasteiger partial charge in [-0.25, -0.2) is 0 Å². The minimum atomic E-state index is -0.00545. The van der Waals surface area contributed by atoms with Crippen LogP contribution >= 0.6 is 27.5 Å². The third-order valence-electron chi connectivity index (χ3n) is 3.31. The van der Waals surface area contributed by atoms with Gasteiger partial charge in [-0.1, -0.05) is 27.5 Å². The Morgan fingerprint density at radius 1 is 1.20 bits per heavy atom. The molecule has 0 unspecified atom stereocenters. The van der Waals surface area contributed by atoms with Crippen LogP contribution in [0.4, 0.5) is 0 Å². The van der Waals surface area contributed by atoms with Crippen LogP contribution in [0, 0.1) is 6.92 Å². The highest BCUT2D eigenvalue weighted by atomic mass is 79.9. The molecule has 0 atom stereocenters. The van der Waals surface area contributed by atoms with Crippen molar-refractivity contribution in [2.75, 3.05) is 0 Å². The molecule has 100 valence electrons. The van der Waals surface area contributed by atoms with Gasteiger partial charge in [0.2, 0.25) is 0 Å². The number of fused-ring (bicyclic) bond motifs is 1. The summed E-state index contributed by atoms with van der Waals surface area (Å²) in [5, 5.41) is 1.58. The number of carbonyl (C=O) groups excluding carboxylic acids is 1. The first-order chi connectivity index (χ1) is 9.56. The molecule has 20 heavy (non-hydrogen) atoms. The Morgan fingerprint density at radius 2 is 2.00 bits per heavy atom. The standard InChI is InChI=1S/C16H11BrClNO/c1-9-6-10(2-4-14(9)18)16(20)13-8-19-15-5-3-11(17)7-12(13)15/h2-8,19H,1H3. The SMILES string of the molecule is Cc1cc(C(=O)c2c[nH]c3ccc(Br)cc23)ccc1Cl. The molecular weight excluding hydrogens is 338 g/mol. The van der Waals surface area contributed by atoms with Gasteiger partial charge < -0.3 is 4.98 Å². The van der Waals surface area contributed by atoms with Gasteiger partial charge in [0.15, 0.2) is 5.78 Å². The molecule has 3 aromatic rings. The molecule has 0 radical (unpaired) electrons. The molecule has 0 spiro atoms. The van der Waals surface area contributed by atoms with Gasteiger partial charge in [-0.3, -0.25) is 4.79 Å². The zero-order valence-corrected chi connectivity index (χ0v) is 13.0. The average Bonchev–Trinajstić information content (AvgIpc) is 2.84. The number of hydrogen-bond acceptors (Lipinski definition) is 1. The fourth-order valence-electron chi connectivity index (χ4n) is 2.22. The van der Waals surface area contributed by atoms with Gasteiger partial charge in [0.1, 0.15) is 0 Å². The Bertz CT molecular complexity index is 822. The fourth-order valence-corrected chi connectivity index (χ4v) is 2.70. The lowest BCUT2D eigenvalue weighted by Gasteiger charge is -2.03. The molecule has 0 saturated carbocycles. The molecule has 2 aromatic carbocycles. The van der Waals surface area contributed by atoms with E-state index in [9.17, 15) is 4.79 Å². The summed E-state index contributed by atoms with van der Waals surface area (Å²) in [7, 11) is 0. The van der Waals surface area contributed by atoms with E-state index in [0.29, 0.717) is 16.1 Å². The second-order valence-electron chi connectivity index (χ2n) is 4.69. The predicted molar refractivity (Wildman–Crippen MR) is 85.6 cm³/mol. The number of halogens is 2. The zero-order valence-electron chi connectivity index (χ0n) is 10.7. The summed E-state index contributed by atoms with van der Waals surface area (Å²) in [5.41, 5.74) is 3.16. The van der Waals surface area contributed by atoms with Crippen LogP contribution in [0.3, 0.4) is 0 Å². The van der Waals surface area contributed by atoms with Crippen LogP contribution in [0.2, 0.25) is 5.02 Å². The van der Waals surface area contributed by atoms with Crippen LogP contribution in [-0.4, -0.2) is 10.8 Å². The zero-order chi connectivity index (χ0) is 14.3. The first-order valence-electron chi connectivity index (χ1n) is 6.14. The van der Waals surface area contributed by atoms with Crippen LogP contribution in [0.15, 0.2) is 47.1 Å². The normalized spacial score (nSPS) is 10.9. The lowest BCUT2D eigenvalue weighted by atomic mass is 10.0. The molecule has 0 saturated heterocycles. The van der Waals surface area contributed by atoms with Crippen molar-refractivity contribution in [3.8, 4) is 0 Å². The van der Waals surface area contributed by atoms with E-state index in [2.05, 4.69) is 20.9 Å². The van der Waals surface area contributed by atoms with Crippen molar-refractivity contribution in [2.45, 2.75) is 6.92 Å². The van der Waals surface area contributed by atoms with E-state index in [1.54, 1.807) is 18.3 Å². The molecule has 0 bridgehead atoms. The number of nitrogens with one attached hydrogen (secondary N) is 1. The van der Waals surface area contributed by atoms with Gasteiger partial charge in [-0.05, 0) is 48.9 Å². The summed E-state index contributed by atoms with van der Waals surface area (Å²) in [4.78, 5) is 15.7. The highest BCUT2D eigenvalue weighted by Gasteiger charge is 2.15. The minimum Gasteiger partial charge on any atom is -0.360 e. The Morgan fingerprint density at radius 3 is 2.75 bits per heavy atom. The molecule has 0 amide bonds. The van der Waals surface area contributed by atoms with Crippen LogP contribution in [0.25, 0.3) is 10.9 Å². The highest BCUT2D eigenvalue weighted by molar-refractivity contribution is 9.10. The topological polar surface area (TPSA) is 32.9 Å². The summed E-state index contributed by atoms with van der Waals surface area (Å²) >= 11 is 9.44. The molecule has 4 heteroatoms. The summed E-state index contributed by atoms with van der Waals surface area (Å²) in [6.07, 6.45) is 1.75. The summed E-state index contributed by atoms with van der Waals surface area (Å²) in [5.74, 6) is -0.00545. The maximum atomic E-state index is 12.6. The number of aromatic amines is 1. The molecule has 0 fully saturated rings. The van der Waals surface area contributed by atoms with Crippen molar-refractivity contribution in [2.24, 2.45) is 0 Å². The second kappa shape index (κ2) is 5.08. The third-order valence-corrected chi connectivity index (χ3v) is 4.23. The number of aryl methyl sites for hydroxylation is 1. The number of rotatable bonds is 2. The fraction of sp³-hybridized carbons (Fsp3) is 0.0625. The second-order valence-corrected chi connectivity index (χ2v) is 6.01. The lowest BCUT2D eigenvalue weighted by Crippen LogP contribution is -2.00. The number of H-pyrrole nitrogens is 1. The van der Waals surface area contributed by atoms with Gasteiger partial charge in [0.05, 0.1) is 0 Å². The summed E-state index contributed by atoms with van der Waals surface area (Å²) in [6, 6.07) is 11.2. The number of benzene rings is 2. The van der Waals surface area contributed by atoms with Crippen LogP contribution < -0.4 is 0 Å². The first kappa shape index (κ1) is 13.4. The van der Waals surface area contributed by atoms with Crippen molar-refractivity contribution in [1.29, 1.82) is 0 Å². The van der Waals surface area contributed by atoms with Crippen LogP contribution in [0.5, 0.6) is 0 Å². The van der Waals surface area contributed by atoms with E-state index in [-0.39, 0.29) is 5.78 Å². The molecular formula is C16H11BrClNO. The predicted octanol–water partition coefficient (Wildman–Crippen LogP) is 5.12. The molecule has 0 aliphatic carbocycles. The first-order valence-corrected chi connectivity index (χ1v) is 7.31. The van der Waals surface area contributed by atoms with Crippen molar-refractivity contribution in [3.63, 3.8) is 0 Å². The maximum absolute atomic E-state index is 12.6. The molecule has 0 aliphatic heterocycles. The number of carbonyl (C=O) groups is 1. The van der Waals surface area contributed by atoms with Crippen molar-refractivity contribution in [1.82, 2.24) is 4.98 Å². The molecule has 1 heterocycles. The van der Waals surface area contributed by atoms with Gasteiger partial charge in [-0.2, -0.15) is 0 Å². The number of ketones is 1. The Balaban J connectivity index is 2.12. The third kappa shape index (κ3) is 2.28. The van der Waals surface area contributed by atoms with Crippen molar-refractivity contribution < 1.29 is 4.79 Å². The summed E-state index contributed by atoms with van der Waals surface area (Å²) < 4.78 is 0.950. The molecule has 1 aromatic heterocycles. The maximum Gasteiger partial charge on any atom is 0.195 e. The van der Waals surface area contributed by atoms with Gasteiger partial charge >= 0.3 is 0 Å². The lowest BCUT2D eigenvalue weighted by molar-refractivity contribution is 0.104. The monoisotopic (exact) mass is 347 g/mol.